The van der Waals surface area contributed by atoms with Crippen molar-refractivity contribution in [1.82, 2.24) is 10.3 Å². The Balaban J connectivity index is 1.71. The molecule has 4 heteroatoms. The molecule has 2 N–H and O–H groups in total. The smallest absolute Gasteiger partial charge is 0.119 e. The second kappa shape index (κ2) is 8.42. The number of benzene rings is 2. The molecule has 0 aliphatic carbocycles. The number of pyridine rings is 1. The van der Waals surface area contributed by atoms with E-state index < -0.39 is 0 Å². The van der Waals surface area contributed by atoms with Gasteiger partial charge in [-0.2, -0.15) is 0 Å². The third kappa shape index (κ3) is 4.44. The zero-order valence-corrected chi connectivity index (χ0v) is 14.2. The molecule has 0 fully saturated rings. The van der Waals surface area contributed by atoms with Crippen LogP contribution in [0.15, 0.2) is 73.1 Å². The molecule has 3 rings (SSSR count). The van der Waals surface area contributed by atoms with Gasteiger partial charge in [-0.05, 0) is 52.6 Å². The van der Waals surface area contributed by atoms with Crippen LogP contribution in [0, 0.1) is 0 Å². The Hall–Kier alpha value is -2.69. The maximum Gasteiger partial charge on any atom is 0.119 e. The van der Waals surface area contributed by atoms with Crippen molar-refractivity contribution < 1.29 is 9.84 Å². The highest BCUT2D eigenvalue weighted by Crippen LogP contribution is 2.21. The van der Waals surface area contributed by atoms with Crippen LogP contribution in [0.25, 0.3) is 11.1 Å². The Morgan fingerprint density at radius 2 is 1.80 bits per heavy atom. The Morgan fingerprint density at radius 1 is 1.00 bits per heavy atom. The van der Waals surface area contributed by atoms with E-state index in [4.69, 9.17) is 4.74 Å². The quantitative estimate of drug-likeness (QED) is 0.693. The summed E-state index contributed by atoms with van der Waals surface area (Å²) in [5.41, 5.74) is 4.47. The summed E-state index contributed by atoms with van der Waals surface area (Å²) >= 11 is 0. The summed E-state index contributed by atoms with van der Waals surface area (Å²) in [6, 6.07) is 20.0. The fourth-order valence-electron chi connectivity index (χ4n) is 2.79. The molecule has 4 nitrogen and oxygen atoms in total. The summed E-state index contributed by atoms with van der Waals surface area (Å²) in [7, 11) is 1.64. The van der Waals surface area contributed by atoms with Gasteiger partial charge in [0.15, 0.2) is 0 Å². The third-order valence-electron chi connectivity index (χ3n) is 4.17. The van der Waals surface area contributed by atoms with Crippen LogP contribution >= 0.6 is 0 Å². The number of nitrogens with one attached hydrogen (secondary N) is 1. The second-order valence-corrected chi connectivity index (χ2v) is 5.83. The van der Waals surface area contributed by atoms with Gasteiger partial charge in [-0.25, -0.2) is 0 Å². The van der Waals surface area contributed by atoms with E-state index in [-0.39, 0.29) is 12.6 Å². The van der Waals surface area contributed by atoms with Gasteiger partial charge in [0.25, 0.3) is 0 Å². The summed E-state index contributed by atoms with van der Waals surface area (Å²) in [5, 5.41) is 13.2. The maximum atomic E-state index is 9.74. The highest BCUT2D eigenvalue weighted by atomic mass is 16.5. The molecule has 0 aliphatic rings. The zero-order chi connectivity index (χ0) is 17.5. The van der Waals surface area contributed by atoms with E-state index in [0.29, 0.717) is 6.54 Å². The first-order chi connectivity index (χ1) is 12.3. The van der Waals surface area contributed by atoms with Gasteiger partial charge in [-0.1, -0.05) is 30.3 Å². The molecular formula is C21H22N2O2. The van der Waals surface area contributed by atoms with E-state index in [2.05, 4.69) is 28.5 Å². The predicted molar refractivity (Wildman–Crippen MR) is 99.3 cm³/mol. The Kier molecular flexibility index (Phi) is 5.77. The van der Waals surface area contributed by atoms with Gasteiger partial charge in [-0.15, -0.1) is 0 Å². The molecule has 0 bridgehead atoms. The highest BCUT2D eigenvalue weighted by Gasteiger charge is 2.11. The Labute approximate surface area is 148 Å². The molecule has 1 unspecified atom stereocenters. The number of aromatic nitrogens is 1. The summed E-state index contributed by atoms with van der Waals surface area (Å²) in [5.74, 6) is 0.789. The van der Waals surface area contributed by atoms with Gasteiger partial charge >= 0.3 is 0 Å². The second-order valence-electron chi connectivity index (χ2n) is 5.83. The van der Waals surface area contributed by atoms with Crippen LogP contribution in [0.5, 0.6) is 5.75 Å². The molecule has 0 spiro atoms. The molecule has 3 aromatic rings. The molecule has 25 heavy (non-hydrogen) atoms. The van der Waals surface area contributed by atoms with E-state index in [1.54, 1.807) is 19.5 Å². The molecule has 1 aromatic heterocycles. The monoisotopic (exact) mass is 334 g/mol. The summed E-state index contributed by atoms with van der Waals surface area (Å²) in [6.07, 6.45) is 3.59. The van der Waals surface area contributed by atoms with Gasteiger partial charge in [0.05, 0.1) is 19.8 Å². The van der Waals surface area contributed by atoms with Crippen LogP contribution < -0.4 is 10.1 Å². The van der Waals surface area contributed by atoms with Crippen LogP contribution in [0.2, 0.25) is 0 Å². The number of ether oxygens (including phenoxy) is 1. The molecule has 0 amide bonds. The number of hydrogen-bond donors (Lipinski definition) is 2. The molecule has 2 aromatic carbocycles. The number of hydrogen-bond acceptors (Lipinski definition) is 4. The van der Waals surface area contributed by atoms with Gasteiger partial charge in [0.2, 0.25) is 0 Å². The molecule has 128 valence electrons. The van der Waals surface area contributed by atoms with E-state index in [0.717, 1.165) is 28.0 Å². The molecule has 1 atom stereocenters. The molecule has 0 aliphatic heterocycles. The standard InChI is InChI=1S/C21H22N2O2/c1-25-20-7-3-6-19(13-20)21(15-24)23-14-16-4-2-5-18(12-16)17-8-10-22-11-9-17/h2-13,21,23-24H,14-15H2,1H3. The lowest BCUT2D eigenvalue weighted by Crippen LogP contribution is -2.24. The van der Waals surface area contributed by atoms with E-state index >= 15 is 0 Å². The van der Waals surface area contributed by atoms with Crippen molar-refractivity contribution in [2.75, 3.05) is 13.7 Å². The first-order valence-corrected chi connectivity index (χ1v) is 8.27. The fourth-order valence-corrected chi connectivity index (χ4v) is 2.79. The zero-order valence-electron chi connectivity index (χ0n) is 14.2. The van der Waals surface area contributed by atoms with Crippen LogP contribution in [0.3, 0.4) is 0 Å². The van der Waals surface area contributed by atoms with Gasteiger partial charge in [-0.3, -0.25) is 4.98 Å². The third-order valence-corrected chi connectivity index (χ3v) is 4.17. The lowest BCUT2D eigenvalue weighted by molar-refractivity contribution is 0.243. The largest absolute Gasteiger partial charge is 0.497 e. The lowest BCUT2D eigenvalue weighted by Gasteiger charge is -2.18. The summed E-state index contributed by atoms with van der Waals surface area (Å²) in [4.78, 5) is 4.06. The number of rotatable bonds is 7. The van der Waals surface area contributed by atoms with Crippen molar-refractivity contribution in [3.63, 3.8) is 0 Å². The number of aliphatic hydroxyl groups excluding tert-OH is 1. The Bertz CT molecular complexity index is 806. The summed E-state index contributed by atoms with van der Waals surface area (Å²) in [6.45, 7) is 0.693. The molecule has 0 radical (unpaired) electrons. The predicted octanol–water partition coefficient (Wildman–Crippen LogP) is 3.58. The van der Waals surface area contributed by atoms with Crippen LogP contribution in [-0.4, -0.2) is 23.8 Å². The molecule has 0 saturated heterocycles. The van der Waals surface area contributed by atoms with Crippen molar-refractivity contribution in [2.24, 2.45) is 0 Å². The minimum absolute atomic E-state index is 0.0250. The molecular weight excluding hydrogens is 312 g/mol. The number of aliphatic hydroxyl groups is 1. The van der Waals surface area contributed by atoms with Crippen molar-refractivity contribution in [2.45, 2.75) is 12.6 Å². The van der Waals surface area contributed by atoms with Crippen molar-refractivity contribution in [1.29, 1.82) is 0 Å². The first-order valence-electron chi connectivity index (χ1n) is 8.27. The van der Waals surface area contributed by atoms with Crippen molar-refractivity contribution >= 4 is 0 Å². The molecule has 0 saturated carbocycles. The van der Waals surface area contributed by atoms with Crippen LogP contribution in [0.1, 0.15) is 17.2 Å². The minimum atomic E-state index is -0.139. The van der Waals surface area contributed by atoms with Crippen molar-refractivity contribution in [3.05, 3.63) is 84.2 Å². The van der Waals surface area contributed by atoms with Gasteiger partial charge in [0.1, 0.15) is 5.75 Å². The van der Waals surface area contributed by atoms with Gasteiger partial charge in [0, 0.05) is 18.9 Å². The SMILES string of the molecule is COc1cccc(C(CO)NCc2cccc(-c3ccncc3)c2)c1. The number of methoxy groups -OCH3 is 1. The Morgan fingerprint density at radius 3 is 2.56 bits per heavy atom. The van der Waals surface area contributed by atoms with E-state index in [9.17, 15) is 5.11 Å². The van der Waals surface area contributed by atoms with Crippen molar-refractivity contribution in [3.8, 4) is 16.9 Å². The van der Waals surface area contributed by atoms with Crippen LogP contribution in [0.4, 0.5) is 0 Å². The average molecular weight is 334 g/mol. The minimum Gasteiger partial charge on any atom is -0.497 e. The fraction of sp³-hybridized carbons (Fsp3) is 0.190. The van der Waals surface area contributed by atoms with E-state index in [1.165, 1.54) is 0 Å². The molecule has 1 heterocycles. The maximum absolute atomic E-state index is 9.74. The summed E-state index contributed by atoms with van der Waals surface area (Å²) < 4.78 is 5.26. The topological polar surface area (TPSA) is 54.4 Å². The van der Waals surface area contributed by atoms with E-state index in [1.807, 2.05) is 42.5 Å². The normalized spacial score (nSPS) is 11.9. The van der Waals surface area contributed by atoms with Gasteiger partial charge < -0.3 is 15.2 Å². The first kappa shape index (κ1) is 17.1. The highest BCUT2D eigenvalue weighted by molar-refractivity contribution is 5.63. The number of nitrogens with zero attached hydrogens (tertiary/aromatic N) is 1. The average Bonchev–Trinajstić information content (AvgIpc) is 2.69. The lowest BCUT2D eigenvalue weighted by atomic mass is 10.0. The van der Waals surface area contributed by atoms with Crippen LogP contribution in [-0.2, 0) is 6.54 Å².